The van der Waals surface area contributed by atoms with Crippen molar-refractivity contribution in [2.75, 3.05) is 10.0 Å². The second-order valence-corrected chi connectivity index (χ2v) is 8.37. The summed E-state index contributed by atoms with van der Waals surface area (Å²) in [4.78, 5) is 22.6. The van der Waals surface area contributed by atoms with Gasteiger partial charge in [0, 0.05) is 12.3 Å². The largest absolute Gasteiger partial charge is 0.435 e. The molecule has 0 fully saturated rings. The number of aromatic amines is 1. The van der Waals surface area contributed by atoms with Gasteiger partial charge in [-0.25, -0.2) is 27.2 Å². The number of pyridine rings is 1. The summed E-state index contributed by atoms with van der Waals surface area (Å²) in [5.74, 6) is -3.94. The monoisotopic (exact) mass is 495 g/mol. The summed E-state index contributed by atoms with van der Waals surface area (Å²) in [6.07, 6.45) is 2.51. The summed E-state index contributed by atoms with van der Waals surface area (Å²) < 4.78 is 85.3. The van der Waals surface area contributed by atoms with Crippen LogP contribution in [0.25, 0.3) is 11.2 Å². The summed E-state index contributed by atoms with van der Waals surface area (Å²) in [5.41, 5.74) is -0.929. The summed E-state index contributed by atoms with van der Waals surface area (Å²) >= 11 is 0. The molecule has 0 saturated heterocycles. The van der Waals surface area contributed by atoms with Gasteiger partial charge in [0.05, 0.1) is 22.5 Å². The lowest BCUT2D eigenvalue weighted by atomic mass is 10.2. The minimum Gasteiger partial charge on any atom is -0.435 e. The van der Waals surface area contributed by atoms with Gasteiger partial charge in [0.15, 0.2) is 11.5 Å². The van der Waals surface area contributed by atoms with Crippen molar-refractivity contribution in [2.24, 2.45) is 0 Å². The van der Waals surface area contributed by atoms with E-state index >= 15 is 0 Å². The molecule has 4 aromatic rings. The molecule has 9 nitrogen and oxygen atoms in total. The number of imidazole rings is 1. The lowest BCUT2D eigenvalue weighted by molar-refractivity contribution is -0.0500. The number of aromatic nitrogens is 3. The van der Waals surface area contributed by atoms with Crippen LogP contribution in [0.5, 0.6) is 5.75 Å². The number of nitrogens with zero attached hydrogens (tertiary/aromatic N) is 2. The molecule has 0 aliphatic heterocycles. The third-order valence-corrected chi connectivity index (χ3v) is 5.81. The van der Waals surface area contributed by atoms with Crippen molar-refractivity contribution < 1.29 is 35.5 Å². The Labute approximate surface area is 188 Å². The first-order valence-corrected chi connectivity index (χ1v) is 10.8. The first-order valence-electron chi connectivity index (χ1n) is 9.30. The number of sulfonamides is 1. The van der Waals surface area contributed by atoms with Gasteiger partial charge in [-0.3, -0.25) is 9.52 Å². The minimum atomic E-state index is -4.49. The molecule has 34 heavy (non-hydrogen) atoms. The third-order valence-electron chi connectivity index (χ3n) is 4.45. The molecule has 14 heteroatoms. The fourth-order valence-corrected chi connectivity index (χ4v) is 4.00. The van der Waals surface area contributed by atoms with Crippen LogP contribution in [0, 0.1) is 11.6 Å². The molecule has 0 saturated carbocycles. The predicted molar refractivity (Wildman–Crippen MR) is 112 cm³/mol. The van der Waals surface area contributed by atoms with Gasteiger partial charge in [-0.2, -0.15) is 8.78 Å². The van der Waals surface area contributed by atoms with Crippen LogP contribution in [0.3, 0.4) is 0 Å². The zero-order valence-electron chi connectivity index (χ0n) is 16.7. The Morgan fingerprint density at radius 1 is 1.09 bits per heavy atom. The molecule has 1 amide bonds. The van der Waals surface area contributed by atoms with Gasteiger partial charge >= 0.3 is 6.61 Å². The Morgan fingerprint density at radius 2 is 1.88 bits per heavy atom. The Balaban J connectivity index is 1.60. The predicted octanol–water partition coefficient (Wildman–Crippen LogP) is 3.89. The quantitative estimate of drug-likeness (QED) is 0.334. The van der Waals surface area contributed by atoms with Gasteiger partial charge in [0.25, 0.3) is 15.9 Å². The molecule has 0 atom stereocenters. The van der Waals surface area contributed by atoms with E-state index in [9.17, 15) is 30.8 Å². The van der Waals surface area contributed by atoms with E-state index in [4.69, 9.17) is 0 Å². The highest BCUT2D eigenvalue weighted by Crippen LogP contribution is 2.29. The van der Waals surface area contributed by atoms with Crippen molar-refractivity contribution in [1.82, 2.24) is 15.0 Å². The number of fused-ring (bicyclic) bond motifs is 1. The number of hydrogen-bond donors (Lipinski definition) is 3. The lowest BCUT2D eigenvalue weighted by Crippen LogP contribution is -2.18. The van der Waals surface area contributed by atoms with Crippen molar-refractivity contribution in [3.8, 4) is 5.75 Å². The molecule has 2 aromatic heterocycles. The van der Waals surface area contributed by atoms with Crippen molar-refractivity contribution in [3.05, 3.63) is 72.2 Å². The first-order chi connectivity index (χ1) is 16.1. The summed E-state index contributed by atoms with van der Waals surface area (Å²) in [6, 6.07) is 6.98. The molecule has 0 spiro atoms. The number of hydrogen-bond acceptors (Lipinski definition) is 6. The molecule has 0 radical (unpaired) electrons. The van der Waals surface area contributed by atoms with Crippen LogP contribution in [0.1, 0.15) is 10.4 Å². The highest BCUT2D eigenvalue weighted by atomic mass is 32.2. The van der Waals surface area contributed by atoms with Gasteiger partial charge in [-0.05, 0) is 30.3 Å². The number of halogens is 4. The number of carbonyl (C=O) groups excluding carboxylic acids is 1. The average Bonchev–Trinajstić information content (AvgIpc) is 3.26. The summed E-state index contributed by atoms with van der Waals surface area (Å²) in [5, 5.41) is 2.04. The van der Waals surface area contributed by atoms with Crippen molar-refractivity contribution in [3.63, 3.8) is 0 Å². The van der Waals surface area contributed by atoms with Crippen LogP contribution >= 0.6 is 0 Å². The van der Waals surface area contributed by atoms with Gasteiger partial charge < -0.3 is 15.0 Å². The normalized spacial score (nSPS) is 11.6. The number of rotatable bonds is 7. The van der Waals surface area contributed by atoms with Gasteiger partial charge in [-0.15, -0.1) is 0 Å². The summed E-state index contributed by atoms with van der Waals surface area (Å²) in [7, 11) is -4.49. The smallest absolute Gasteiger partial charge is 0.387 e. The number of amides is 1. The van der Waals surface area contributed by atoms with Crippen molar-refractivity contribution in [2.45, 2.75) is 11.5 Å². The zero-order chi connectivity index (χ0) is 24.5. The van der Waals surface area contributed by atoms with Crippen molar-refractivity contribution >= 4 is 38.5 Å². The SMILES string of the molecule is O=C(Nc1c(F)ccc(NS(=O)(=O)c2cccc(OC(F)F)c2)c1F)c1cnc2[nH]cnc2c1. The second-order valence-electron chi connectivity index (χ2n) is 6.69. The van der Waals surface area contributed by atoms with Gasteiger partial charge in [-0.1, -0.05) is 6.07 Å². The molecule has 0 aliphatic rings. The van der Waals surface area contributed by atoms with E-state index in [-0.39, 0.29) is 5.56 Å². The number of anilines is 2. The molecule has 4 rings (SSSR count). The van der Waals surface area contributed by atoms with Crippen LogP contribution in [0.2, 0.25) is 0 Å². The fourth-order valence-electron chi connectivity index (χ4n) is 2.90. The van der Waals surface area contributed by atoms with E-state index in [1.165, 1.54) is 12.4 Å². The number of benzene rings is 2. The molecular weight excluding hydrogens is 482 g/mol. The van der Waals surface area contributed by atoms with Crippen LogP contribution < -0.4 is 14.8 Å². The van der Waals surface area contributed by atoms with E-state index in [1.54, 1.807) is 0 Å². The number of ether oxygens (including phenoxy) is 1. The van der Waals surface area contributed by atoms with E-state index < -0.39 is 56.2 Å². The maximum Gasteiger partial charge on any atom is 0.387 e. The molecule has 0 aliphatic carbocycles. The number of H-pyrrole nitrogens is 1. The van der Waals surface area contributed by atoms with E-state index in [2.05, 4.69) is 19.7 Å². The number of nitrogens with one attached hydrogen (secondary N) is 3. The molecular formula is C20H13F4N5O4S. The van der Waals surface area contributed by atoms with Crippen LogP contribution in [0.15, 0.2) is 59.9 Å². The Bertz CT molecular complexity index is 1490. The molecule has 0 unspecified atom stereocenters. The van der Waals surface area contributed by atoms with Crippen LogP contribution in [0.4, 0.5) is 28.9 Å². The topological polar surface area (TPSA) is 126 Å². The maximum atomic E-state index is 15.0. The minimum absolute atomic E-state index is 0.0553. The number of alkyl halides is 2. The fraction of sp³-hybridized carbons (Fsp3) is 0.0500. The van der Waals surface area contributed by atoms with E-state index in [1.807, 2.05) is 10.0 Å². The Morgan fingerprint density at radius 3 is 2.65 bits per heavy atom. The van der Waals surface area contributed by atoms with Crippen molar-refractivity contribution in [1.29, 1.82) is 0 Å². The highest BCUT2D eigenvalue weighted by Gasteiger charge is 2.22. The van der Waals surface area contributed by atoms with E-state index in [0.29, 0.717) is 11.2 Å². The summed E-state index contributed by atoms with van der Waals surface area (Å²) in [6.45, 7) is -3.18. The first kappa shape index (κ1) is 23.0. The zero-order valence-corrected chi connectivity index (χ0v) is 17.5. The molecule has 2 heterocycles. The van der Waals surface area contributed by atoms with Gasteiger partial charge in [0.1, 0.15) is 22.8 Å². The molecule has 0 bridgehead atoms. The third kappa shape index (κ3) is 4.76. The second kappa shape index (κ2) is 8.97. The molecule has 3 N–H and O–H groups in total. The Hall–Kier alpha value is -4.20. The van der Waals surface area contributed by atoms with Crippen LogP contribution in [-0.2, 0) is 10.0 Å². The number of carbonyl (C=O) groups is 1. The lowest BCUT2D eigenvalue weighted by Gasteiger charge is -2.14. The van der Waals surface area contributed by atoms with E-state index in [0.717, 1.165) is 42.6 Å². The van der Waals surface area contributed by atoms with Gasteiger partial charge in [0.2, 0.25) is 0 Å². The average molecular weight is 495 g/mol. The molecule has 176 valence electrons. The maximum absolute atomic E-state index is 15.0. The standard InChI is InChI=1S/C20H13F4N5O4S/c21-13-4-5-14(29-34(31,32)12-3-1-2-11(7-12)33-20(23)24)16(22)17(13)28-19(30)10-6-15-18(25-8-10)27-9-26-15/h1-9,20,29H,(H,28,30)(H,25,26,27). The highest BCUT2D eigenvalue weighted by molar-refractivity contribution is 7.92. The van der Waals surface area contributed by atoms with Crippen LogP contribution in [-0.4, -0.2) is 35.9 Å². The Kier molecular flexibility index (Phi) is 6.06. The molecule has 2 aromatic carbocycles.